The number of carboxylic acid groups (broad SMARTS) is 1. The minimum atomic E-state index is -1.13. The van der Waals surface area contributed by atoms with Crippen LogP contribution in [-0.4, -0.2) is 16.1 Å². The Hall–Kier alpha value is -1.40. The fraction of sp³-hybridized carbons (Fsp3) is 0. The molecule has 0 radical (unpaired) electrons. The zero-order valence-electron chi connectivity index (χ0n) is 8.93. The minimum Gasteiger partial charge on any atom is -0.476 e. The number of halogens is 2. The van der Waals surface area contributed by atoms with E-state index in [0.29, 0.717) is 5.75 Å². The topological polar surface area (TPSA) is 59.4 Å². The summed E-state index contributed by atoms with van der Waals surface area (Å²) >= 11 is 6.67. The fourth-order valence-corrected chi connectivity index (χ4v) is 2.44. The lowest BCUT2D eigenvalue weighted by Gasteiger charge is -2.09. The van der Waals surface area contributed by atoms with Crippen LogP contribution in [0.1, 0.15) is 10.5 Å². The third kappa shape index (κ3) is 2.88. The number of carboxylic acids is 1. The van der Waals surface area contributed by atoms with Crippen LogP contribution in [0.15, 0.2) is 45.5 Å². The first-order valence-corrected chi connectivity index (χ1v) is 6.48. The molecule has 92 valence electrons. The van der Waals surface area contributed by atoms with Gasteiger partial charge in [-0.15, -0.1) is 0 Å². The molecular formula is C12H7Br2NO3. The lowest BCUT2D eigenvalue weighted by Crippen LogP contribution is -2.02. The molecule has 0 bridgehead atoms. The van der Waals surface area contributed by atoms with Crippen LogP contribution in [0.2, 0.25) is 0 Å². The number of carbonyl (C=O) groups is 1. The zero-order valence-corrected chi connectivity index (χ0v) is 12.1. The highest BCUT2D eigenvalue weighted by atomic mass is 79.9. The number of aromatic carboxylic acids is 1. The van der Waals surface area contributed by atoms with E-state index >= 15 is 0 Å². The second-order valence-electron chi connectivity index (χ2n) is 3.33. The lowest BCUT2D eigenvalue weighted by molar-refractivity contribution is 0.0687. The van der Waals surface area contributed by atoms with Crippen molar-refractivity contribution in [2.24, 2.45) is 0 Å². The Morgan fingerprint density at radius 1 is 1.22 bits per heavy atom. The summed E-state index contributed by atoms with van der Waals surface area (Å²) in [7, 11) is 0. The molecule has 18 heavy (non-hydrogen) atoms. The van der Waals surface area contributed by atoms with Crippen LogP contribution in [0.5, 0.6) is 11.5 Å². The summed E-state index contributed by atoms with van der Waals surface area (Å²) in [6.07, 6.45) is 1.41. The highest BCUT2D eigenvalue weighted by Crippen LogP contribution is 2.32. The molecule has 0 amide bonds. The number of rotatable bonds is 3. The van der Waals surface area contributed by atoms with Gasteiger partial charge in [0.2, 0.25) is 0 Å². The average Bonchev–Trinajstić information content (AvgIpc) is 2.33. The van der Waals surface area contributed by atoms with Gasteiger partial charge >= 0.3 is 5.97 Å². The summed E-state index contributed by atoms with van der Waals surface area (Å²) in [6, 6.07) is 8.52. The third-order valence-corrected chi connectivity index (χ3v) is 3.20. The van der Waals surface area contributed by atoms with E-state index < -0.39 is 5.97 Å². The molecule has 0 spiro atoms. The molecule has 0 fully saturated rings. The summed E-state index contributed by atoms with van der Waals surface area (Å²) < 4.78 is 7.16. The Labute approximate surface area is 120 Å². The molecule has 0 aliphatic rings. The monoisotopic (exact) mass is 371 g/mol. The Morgan fingerprint density at radius 3 is 2.67 bits per heavy atom. The van der Waals surface area contributed by atoms with Crippen LogP contribution in [0.25, 0.3) is 0 Å². The molecule has 0 saturated heterocycles. The van der Waals surface area contributed by atoms with Crippen molar-refractivity contribution in [1.82, 2.24) is 4.98 Å². The van der Waals surface area contributed by atoms with E-state index in [1.54, 1.807) is 24.3 Å². The predicted molar refractivity (Wildman–Crippen MR) is 73.1 cm³/mol. The molecule has 0 unspecified atom stereocenters. The van der Waals surface area contributed by atoms with Gasteiger partial charge < -0.3 is 9.84 Å². The summed E-state index contributed by atoms with van der Waals surface area (Å²) in [6.45, 7) is 0. The van der Waals surface area contributed by atoms with Gasteiger partial charge in [0.15, 0.2) is 11.4 Å². The van der Waals surface area contributed by atoms with Crippen LogP contribution in [-0.2, 0) is 0 Å². The number of pyridine rings is 1. The molecule has 0 saturated carbocycles. The van der Waals surface area contributed by atoms with E-state index in [1.807, 2.05) is 6.07 Å². The highest BCUT2D eigenvalue weighted by molar-refractivity contribution is 9.11. The maximum Gasteiger partial charge on any atom is 0.358 e. The summed E-state index contributed by atoms with van der Waals surface area (Å²) in [5.74, 6) is -0.402. The first-order valence-electron chi connectivity index (χ1n) is 4.89. The van der Waals surface area contributed by atoms with Crippen LogP contribution in [0.4, 0.5) is 0 Å². The van der Waals surface area contributed by atoms with Gasteiger partial charge in [0, 0.05) is 10.7 Å². The van der Waals surface area contributed by atoms with Gasteiger partial charge in [0.1, 0.15) is 5.75 Å². The SMILES string of the molecule is O=C(O)c1ncccc1Oc1ccc(Br)cc1Br. The normalized spacial score (nSPS) is 10.1. The standard InChI is InChI=1S/C12H7Br2NO3/c13-7-3-4-9(8(14)6-7)18-10-2-1-5-15-11(10)12(16)17/h1-6H,(H,16,17). The Morgan fingerprint density at radius 2 is 2.00 bits per heavy atom. The molecule has 6 heteroatoms. The van der Waals surface area contributed by atoms with Crippen LogP contribution < -0.4 is 4.74 Å². The average molecular weight is 373 g/mol. The van der Waals surface area contributed by atoms with Crippen molar-refractivity contribution in [2.45, 2.75) is 0 Å². The van der Waals surface area contributed by atoms with Crippen LogP contribution in [0, 0.1) is 0 Å². The minimum absolute atomic E-state index is 0.118. The number of ether oxygens (including phenoxy) is 1. The summed E-state index contributed by atoms with van der Waals surface area (Å²) in [5, 5.41) is 9.00. The Balaban J connectivity index is 2.37. The molecule has 1 N–H and O–H groups in total. The van der Waals surface area contributed by atoms with Crippen molar-refractivity contribution in [3.8, 4) is 11.5 Å². The number of aromatic nitrogens is 1. The molecule has 1 aromatic heterocycles. The van der Waals surface area contributed by atoms with Gasteiger partial charge in [-0.3, -0.25) is 0 Å². The molecule has 0 aliphatic carbocycles. The van der Waals surface area contributed by atoms with Crippen molar-refractivity contribution < 1.29 is 14.6 Å². The quantitative estimate of drug-likeness (QED) is 0.881. The maximum atomic E-state index is 11.0. The van der Waals surface area contributed by atoms with Gasteiger partial charge in [0.25, 0.3) is 0 Å². The van der Waals surface area contributed by atoms with E-state index in [-0.39, 0.29) is 11.4 Å². The highest BCUT2D eigenvalue weighted by Gasteiger charge is 2.14. The van der Waals surface area contributed by atoms with Gasteiger partial charge in [-0.1, -0.05) is 15.9 Å². The van der Waals surface area contributed by atoms with Crippen molar-refractivity contribution in [3.05, 3.63) is 51.2 Å². The smallest absolute Gasteiger partial charge is 0.358 e. The molecule has 2 rings (SSSR count). The second-order valence-corrected chi connectivity index (χ2v) is 5.10. The van der Waals surface area contributed by atoms with Crippen molar-refractivity contribution in [2.75, 3.05) is 0 Å². The van der Waals surface area contributed by atoms with Crippen LogP contribution in [0.3, 0.4) is 0 Å². The first kappa shape index (κ1) is 13.0. The van der Waals surface area contributed by atoms with Gasteiger partial charge in [0.05, 0.1) is 4.47 Å². The Bertz CT molecular complexity index is 602. The van der Waals surface area contributed by atoms with Crippen molar-refractivity contribution >= 4 is 37.8 Å². The fourth-order valence-electron chi connectivity index (χ4n) is 1.31. The first-order chi connectivity index (χ1) is 8.58. The number of nitrogens with zero attached hydrogens (tertiary/aromatic N) is 1. The summed E-state index contributed by atoms with van der Waals surface area (Å²) in [4.78, 5) is 14.8. The predicted octanol–water partition coefficient (Wildman–Crippen LogP) is 4.10. The summed E-state index contributed by atoms with van der Waals surface area (Å²) in [5.41, 5.74) is -0.118. The Kier molecular flexibility index (Phi) is 3.98. The number of hydrogen-bond acceptors (Lipinski definition) is 3. The van der Waals surface area contributed by atoms with E-state index in [4.69, 9.17) is 9.84 Å². The van der Waals surface area contributed by atoms with Crippen LogP contribution >= 0.6 is 31.9 Å². The van der Waals surface area contributed by atoms with E-state index in [2.05, 4.69) is 36.8 Å². The van der Waals surface area contributed by atoms with Crippen molar-refractivity contribution in [3.63, 3.8) is 0 Å². The molecule has 4 nitrogen and oxygen atoms in total. The van der Waals surface area contributed by atoms with Gasteiger partial charge in [-0.2, -0.15) is 0 Å². The third-order valence-electron chi connectivity index (χ3n) is 2.09. The molecular weight excluding hydrogens is 366 g/mol. The molecule has 0 aliphatic heterocycles. The number of hydrogen-bond donors (Lipinski definition) is 1. The number of benzene rings is 1. The van der Waals surface area contributed by atoms with Gasteiger partial charge in [-0.25, -0.2) is 9.78 Å². The largest absolute Gasteiger partial charge is 0.476 e. The lowest BCUT2D eigenvalue weighted by atomic mass is 10.3. The van der Waals surface area contributed by atoms with E-state index in [1.165, 1.54) is 6.20 Å². The van der Waals surface area contributed by atoms with E-state index in [0.717, 1.165) is 8.95 Å². The van der Waals surface area contributed by atoms with Gasteiger partial charge in [-0.05, 0) is 46.3 Å². The van der Waals surface area contributed by atoms with Crippen molar-refractivity contribution in [1.29, 1.82) is 0 Å². The molecule has 1 heterocycles. The maximum absolute atomic E-state index is 11.0. The molecule has 1 aromatic carbocycles. The second kappa shape index (κ2) is 5.49. The molecule has 2 aromatic rings. The van der Waals surface area contributed by atoms with E-state index in [9.17, 15) is 4.79 Å². The zero-order chi connectivity index (χ0) is 13.1. The molecule has 0 atom stereocenters.